The van der Waals surface area contributed by atoms with E-state index in [1.54, 1.807) is 6.07 Å². The molecule has 1 heterocycles. The van der Waals surface area contributed by atoms with Crippen molar-refractivity contribution in [2.75, 3.05) is 11.9 Å². The SMILES string of the molecule is CC1OCCC1Nc1ccc(F)cc1I. The highest BCUT2D eigenvalue weighted by Gasteiger charge is 2.24. The molecule has 2 rings (SSSR count). The molecule has 2 unspecified atom stereocenters. The third kappa shape index (κ3) is 2.60. The molecule has 1 saturated heterocycles. The lowest BCUT2D eigenvalue weighted by atomic mass is 10.1. The summed E-state index contributed by atoms with van der Waals surface area (Å²) >= 11 is 2.14. The maximum atomic E-state index is 12.9. The van der Waals surface area contributed by atoms with Gasteiger partial charge in [0, 0.05) is 15.9 Å². The van der Waals surface area contributed by atoms with E-state index in [2.05, 4.69) is 34.8 Å². The van der Waals surface area contributed by atoms with Crippen molar-refractivity contribution in [3.05, 3.63) is 27.6 Å². The Bertz CT molecular complexity index is 358. The van der Waals surface area contributed by atoms with E-state index in [0.29, 0.717) is 6.04 Å². The van der Waals surface area contributed by atoms with Gasteiger partial charge in [0.1, 0.15) is 5.82 Å². The van der Waals surface area contributed by atoms with Gasteiger partial charge in [0.25, 0.3) is 0 Å². The summed E-state index contributed by atoms with van der Waals surface area (Å²) in [6.07, 6.45) is 1.24. The standard InChI is InChI=1S/C11H13FINO/c1-7-10(4-5-15-7)14-11-3-2-8(12)6-9(11)13/h2-3,6-7,10,14H,4-5H2,1H3. The van der Waals surface area contributed by atoms with Crippen LogP contribution in [0.5, 0.6) is 0 Å². The number of rotatable bonds is 2. The van der Waals surface area contributed by atoms with Gasteiger partial charge in [-0.15, -0.1) is 0 Å². The fourth-order valence-electron chi connectivity index (χ4n) is 1.73. The van der Waals surface area contributed by atoms with Crippen LogP contribution in [0.1, 0.15) is 13.3 Å². The molecule has 0 aliphatic carbocycles. The molecular weight excluding hydrogens is 308 g/mol. The topological polar surface area (TPSA) is 21.3 Å². The van der Waals surface area contributed by atoms with E-state index in [-0.39, 0.29) is 11.9 Å². The fraction of sp³-hybridized carbons (Fsp3) is 0.455. The molecule has 1 fully saturated rings. The second-order valence-corrected chi connectivity index (χ2v) is 4.90. The molecule has 0 saturated carbocycles. The van der Waals surface area contributed by atoms with Crippen LogP contribution in [0.4, 0.5) is 10.1 Å². The lowest BCUT2D eigenvalue weighted by Crippen LogP contribution is -2.27. The molecule has 15 heavy (non-hydrogen) atoms. The van der Waals surface area contributed by atoms with Crippen molar-refractivity contribution < 1.29 is 9.13 Å². The number of hydrogen-bond donors (Lipinski definition) is 1. The summed E-state index contributed by atoms with van der Waals surface area (Å²) in [5.41, 5.74) is 0.986. The first kappa shape index (κ1) is 11.1. The van der Waals surface area contributed by atoms with Gasteiger partial charge in [-0.1, -0.05) is 0 Å². The van der Waals surface area contributed by atoms with Crippen molar-refractivity contribution in [2.45, 2.75) is 25.5 Å². The number of halogens is 2. The van der Waals surface area contributed by atoms with Crippen molar-refractivity contribution in [1.29, 1.82) is 0 Å². The number of nitrogens with one attached hydrogen (secondary N) is 1. The van der Waals surface area contributed by atoms with Gasteiger partial charge in [0.2, 0.25) is 0 Å². The van der Waals surface area contributed by atoms with Gasteiger partial charge in [-0.3, -0.25) is 0 Å². The predicted octanol–water partition coefficient (Wildman–Crippen LogP) is 3.02. The van der Waals surface area contributed by atoms with Crippen molar-refractivity contribution in [3.8, 4) is 0 Å². The summed E-state index contributed by atoms with van der Waals surface area (Å²) < 4.78 is 19.3. The quantitative estimate of drug-likeness (QED) is 0.846. The van der Waals surface area contributed by atoms with Gasteiger partial charge in [0.15, 0.2) is 0 Å². The molecule has 0 spiro atoms. The molecule has 1 aromatic rings. The zero-order chi connectivity index (χ0) is 10.8. The number of anilines is 1. The molecule has 0 amide bonds. The van der Waals surface area contributed by atoms with Gasteiger partial charge in [-0.25, -0.2) is 4.39 Å². The highest BCUT2D eigenvalue weighted by atomic mass is 127. The molecule has 1 aromatic carbocycles. The van der Waals surface area contributed by atoms with Gasteiger partial charge in [0.05, 0.1) is 12.1 Å². The van der Waals surface area contributed by atoms with Crippen LogP contribution in [0.15, 0.2) is 18.2 Å². The lowest BCUT2D eigenvalue weighted by molar-refractivity contribution is 0.121. The van der Waals surface area contributed by atoms with Crippen LogP contribution in [0.25, 0.3) is 0 Å². The normalized spacial score (nSPS) is 25.5. The van der Waals surface area contributed by atoms with Crippen LogP contribution in [0, 0.1) is 9.39 Å². The molecule has 82 valence electrons. The minimum absolute atomic E-state index is 0.194. The maximum absolute atomic E-state index is 12.9. The lowest BCUT2D eigenvalue weighted by Gasteiger charge is -2.18. The highest BCUT2D eigenvalue weighted by molar-refractivity contribution is 14.1. The Balaban J connectivity index is 2.10. The predicted molar refractivity (Wildman–Crippen MR) is 66.6 cm³/mol. The molecule has 1 N–H and O–H groups in total. The number of benzene rings is 1. The number of ether oxygens (including phenoxy) is 1. The Morgan fingerprint density at radius 1 is 1.53 bits per heavy atom. The summed E-state index contributed by atoms with van der Waals surface area (Å²) in [5, 5.41) is 3.39. The van der Waals surface area contributed by atoms with Crippen LogP contribution in [-0.4, -0.2) is 18.8 Å². The van der Waals surface area contributed by atoms with E-state index >= 15 is 0 Å². The molecule has 1 aliphatic heterocycles. The van der Waals surface area contributed by atoms with E-state index in [4.69, 9.17) is 4.74 Å². The minimum atomic E-state index is -0.194. The summed E-state index contributed by atoms with van der Waals surface area (Å²) in [6, 6.07) is 5.13. The molecule has 4 heteroatoms. The van der Waals surface area contributed by atoms with Gasteiger partial charge < -0.3 is 10.1 Å². The third-order valence-corrected chi connectivity index (χ3v) is 3.54. The summed E-state index contributed by atoms with van der Waals surface area (Å²) in [5.74, 6) is -0.194. The van der Waals surface area contributed by atoms with Crippen LogP contribution in [0.2, 0.25) is 0 Å². The largest absolute Gasteiger partial charge is 0.379 e. The molecule has 0 aromatic heterocycles. The van der Waals surface area contributed by atoms with Crippen LogP contribution < -0.4 is 5.32 Å². The Hall–Kier alpha value is -0.360. The zero-order valence-corrected chi connectivity index (χ0v) is 10.6. The third-order valence-electron chi connectivity index (χ3n) is 2.65. The Labute approximate surface area is 102 Å². The van der Waals surface area contributed by atoms with Crippen LogP contribution in [0.3, 0.4) is 0 Å². The Morgan fingerprint density at radius 2 is 2.33 bits per heavy atom. The monoisotopic (exact) mass is 321 g/mol. The Kier molecular flexibility index (Phi) is 3.45. The number of hydrogen-bond acceptors (Lipinski definition) is 2. The van der Waals surface area contributed by atoms with E-state index in [0.717, 1.165) is 22.3 Å². The summed E-state index contributed by atoms with van der Waals surface area (Å²) in [4.78, 5) is 0. The molecule has 0 bridgehead atoms. The first-order valence-corrected chi connectivity index (χ1v) is 6.08. The van der Waals surface area contributed by atoms with Gasteiger partial charge in [-0.05, 0) is 54.1 Å². The highest BCUT2D eigenvalue weighted by Crippen LogP contribution is 2.23. The smallest absolute Gasteiger partial charge is 0.124 e. The maximum Gasteiger partial charge on any atom is 0.124 e. The average molecular weight is 321 g/mol. The van der Waals surface area contributed by atoms with Gasteiger partial charge in [-0.2, -0.15) is 0 Å². The van der Waals surface area contributed by atoms with Crippen molar-refractivity contribution in [2.24, 2.45) is 0 Å². The van der Waals surface area contributed by atoms with Crippen LogP contribution >= 0.6 is 22.6 Å². The zero-order valence-electron chi connectivity index (χ0n) is 8.47. The van der Waals surface area contributed by atoms with E-state index in [1.165, 1.54) is 12.1 Å². The second-order valence-electron chi connectivity index (χ2n) is 3.74. The second kappa shape index (κ2) is 4.65. The first-order chi connectivity index (χ1) is 7.16. The van der Waals surface area contributed by atoms with Gasteiger partial charge >= 0.3 is 0 Å². The van der Waals surface area contributed by atoms with Crippen LogP contribution in [-0.2, 0) is 4.74 Å². The van der Waals surface area contributed by atoms with Crippen molar-refractivity contribution in [1.82, 2.24) is 0 Å². The molecule has 1 aliphatic rings. The van der Waals surface area contributed by atoms with E-state index < -0.39 is 0 Å². The van der Waals surface area contributed by atoms with E-state index in [9.17, 15) is 4.39 Å². The average Bonchev–Trinajstić information content (AvgIpc) is 2.57. The molecular formula is C11H13FINO. The summed E-state index contributed by atoms with van der Waals surface area (Å²) in [7, 11) is 0. The molecule has 0 radical (unpaired) electrons. The van der Waals surface area contributed by atoms with E-state index in [1.807, 2.05) is 0 Å². The fourth-order valence-corrected chi connectivity index (χ4v) is 2.36. The van der Waals surface area contributed by atoms with Crippen molar-refractivity contribution in [3.63, 3.8) is 0 Å². The Morgan fingerprint density at radius 3 is 2.93 bits per heavy atom. The molecule has 2 atom stereocenters. The molecule has 2 nitrogen and oxygen atoms in total. The first-order valence-electron chi connectivity index (χ1n) is 5.00. The summed E-state index contributed by atoms with van der Waals surface area (Å²) in [6.45, 7) is 2.86. The van der Waals surface area contributed by atoms with Crippen molar-refractivity contribution >= 4 is 28.3 Å². The minimum Gasteiger partial charge on any atom is -0.379 e.